The van der Waals surface area contributed by atoms with Gasteiger partial charge in [-0.25, -0.2) is 9.97 Å². The molecule has 0 atom stereocenters. The topological polar surface area (TPSA) is 69.4 Å². The van der Waals surface area contributed by atoms with Gasteiger partial charge in [0, 0.05) is 18.5 Å². The minimum Gasteiger partial charge on any atom is -0.480 e. The average molecular weight is 302 g/mol. The molecular formula is C14H14N4O2S. The number of hydrogen-bond donors (Lipinski definition) is 0. The Morgan fingerprint density at radius 2 is 2.33 bits per heavy atom. The van der Waals surface area contributed by atoms with E-state index >= 15 is 0 Å². The van der Waals surface area contributed by atoms with Gasteiger partial charge < -0.3 is 4.74 Å². The number of rotatable bonds is 2. The molecule has 0 radical (unpaired) electrons. The van der Waals surface area contributed by atoms with Crippen molar-refractivity contribution in [1.29, 1.82) is 0 Å². The fourth-order valence-electron chi connectivity index (χ4n) is 2.12. The molecule has 0 spiro atoms. The highest BCUT2D eigenvalue weighted by atomic mass is 32.1. The molecule has 0 bridgehead atoms. The molecule has 6 nitrogen and oxygen atoms in total. The lowest BCUT2D eigenvalue weighted by Crippen LogP contribution is -2.21. The van der Waals surface area contributed by atoms with Gasteiger partial charge in [0.2, 0.25) is 5.90 Å². The molecule has 7 heteroatoms. The van der Waals surface area contributed by atoms with Crippen molar-refractivity contribution in [3.63, 3.8) is 0 Å². The predicted octanol–water partition coefficient (Wildman–Crippen LogP) is 2.53. The van der Waals surface area contributed by atoms with E-state index < -0.39 is 0 Å². The van der Waals surface area contributed by atoms with E-state index in [-0.39, 0.29) is 5.56 Å². The smallest absolute Gasteiger partial charge is 0.292 e. The zero-order valence-corrected chi connectivity index (χ0v) is 12.8. The normalized spacial score (nSPS) is 12.2. The largest absolute Gasteiger partial charge is 0.480 e. The lowest BCUT2D eigenvalue weighted by atomic mass is 10.3. The SMILES string of the molecule is CCOC(C)=Nn1c(C)nc2c(sc3ncccc32)c1=O. The first-order chi connectivity index (χ1) is 10.1. The Bertz CT molecular complexity index is 910. The zero-order chi connectivity index (χ0) is 15.0. The maximum atomic E-state index is 12.6. The quantitative estimate of drug-likeness (QED) is 0.539. The summed E-state index contributed by atoms with van der Waals surface area (Å²) in [6, 6.07) is 3.76. The molecule has 0 amide bonds. The van der Waals surface area contributed by atoms with Crippen LogP contribution in [0.2, 0.25) is 0 Å². The van der Waals surface area contributed by atoms with E-state index in [1.165, 1.54) is 16.0 Å². The number of nitrogens with zero attached hydrogens (tertiary/aromatic N) is 4. The second-order valence-corrected chi connectivity index (χ2v) is 5.46. The van der Waals surface area contributed by atoms with Gasteiger partial charge in [0.05, 0.1) is 12.1 Å². The van der Waals surface area contributed by atoms with Crippen LogP contribution in [0.15, 0.2) is 28.2 Å². The van der Waals surface area contributed by atoms with E-state index in [2.05, 4.69) is 15.1 Å². The predicted molar refractivity (Wildman–Crippen MR) is 84.1 cm³/mol. The summed E-state index contributed by atoms with van der Waals surface area (Å²) in [5.41, 5.74) is 0.491. The van der Waals surface area contributed by atoms with Crippen LogP contribution in [0, 0.1) is 6.92 Å². The van der Waals surface area contributed by atoms with Gasteiger partial charge in [0.1, 0.15) is 15.4 Å². The maximum Gasteiger partial charge on any atom is 0.292 e. The average Bonchev–Trinajstić information content (AvgIpc) is 2.83. The summed E-state index contributed by atoms with van der Waals surface area (Å²) in [5, 5.41) is 5.09. The van der Waals surface area contributed by atoms with Crippen molar-refractivity contribution in [2.24, 2.45) is 5.10 Å². The minimum absolute atomic E-state index is 0.195. The molecule has 0 aromatic carbocycles. The molecule has 3 aromatic heterocycles. The first kappa shape index (κ1) is 13.7. The molecule has 0 saturated carbocycles. The standard InChI is InChI=1S/C14H14N4O2S/c1-4-20-9(3)17-18-8(2)16-11-10-6-5-7-15-13(10)21-12(11)14(18)19/h5-7H,4H2,1-3H3. The number of aromatic nitrogens is 3. The third-order valence-electron chi connectivity index (χ3n) is 3.00. The second kappa shape index (κ2) is 5.25. The number of fused-ring (bicyclic) bond motifs is 3. The van der Waals surface area contributed by atoms with Crippen LogP contribution in [-0.4, -0.2) is 27.1 Å². The highest BCUT2D eigenvalue weighted by Gasteiger charge is 2.14. The van der Waals surface area contributed by atoms with Crippen LogP contribution in [0.5, 0.6) is 0 Å². The van der Waals surface area contributed by atoms with Crippen molar-refractivity contribution >= 4 is 37.7 Å². The van der Waals surface area contributed by atoms with Crippen molar-refractivity contribution < 1.29 is 4.74 Å². The maximum absolute atomic E-state index is 12.6. The Balaban J connectivity index is 2.31. The Hall–Kier alpha value is -2.28. The molecule has 0 aliphatic rings. The van der Waals surface area contributed by atoms with Gasteiger partial charge in [-0.1, -0.05) is 0 Å². The number of ether oxygens (including phenoxy) is 1. The number of aryl methyl sites for hydroxylation is 1. The summed E-state index contributed by atoms with van der Waals surface area (Å²) >= 11 is 1.33. The van der Waals surface area contributed by atoms with Gasteiger partial charge in [-0.05, 0) is 26.0 Å². The molecule has 0 unspecified atom stereocenters. The zero-order valence-electron chi connectivity index (χ0n) is 12.0. The summed E-state index contributed by atoms with van der Waals surface area (Å²) in [5.74, 6) is 0.957. The van der Waals surface area contributed by atoms with Gasteiger partial charge in [-0.2, -0.15) is 4.68 Å². The van der Waals surface area contributed by atoms with Crippen molar-refractivity contribution in [3.8, 4) is 0 Å². The summed E-state index contributed by atoms with van der Waals surface area (Å²) in [6.07, 6.45) is 1.71. The van der Waals surface area contributed by atoms with Gasteiger partial charge in [0.15, 0.2) is 0 Å². The molecule has 108 valence electrons. The molecule has 0 N–H and O–H groups in total. The van der Waals surface area contributed by atoms with Gasteiger partial charge >= 0.3 is 0 Å². The van der Waals surface area contributed by atoms with Crippen molar-refractivity contribution in [2.45, 2.75) is 20.8 Å². The Kier molecular flexibility index (Phi) is 3.42. The molecule has 0 saturated heterocycles. The third kappa shape index (κ3) is 2.29. The number of hydrogen-bond acceptors (Lipinski definition) is 6. The van der Waals surface area contributed by atoms with Crippen molar-refractivity contribution in [2.75, 3.05) is 6.61 Å². The lowest BCUT2D eigenvalue weighted by molar-refractivity contribution is 0.320. The minimum atomic E-state index is -0.195. The van der Waals surface area contributed by atoms with Gasteiger partial charge in [-0.15, -0.1) is 16.4 Å². The Labute approximate surface area is 124 Å². The van der Waals surface area contributed by atoms with Crippen LogP contribution in [0.25, 0.3) is 20.4 Å². The van der Waals surface area contributed by atoms with E-state index in [9.17, 15) is 4.79 Å². The summed E-state index contributed by atoms with van der Waals surface area (Å²) in [4.78, 5) is 22.2. The van der Waals surface area contributed by atoms with E-state index in [1.54, 1.807) is 20.0 Å². The van der Waals surface area contributed by atoms with E-state index in [4.69, 9.17) is 4.74 Å². The van der Waals surface area contributed by atoms with Crippen molar-refractivity contribution in [1.82, 2.24) is 14.6 Å². The highest BCUT2D eigenvalue weighted by Crippen LogP contribution is 2.28. The van der Waals surface area contributed by atoms with Crippen LogP contribution >= 0.6 is 11.3 Å². The van der Waals surface area contributed by atoms with Crippen LogP contribution in [0.4, 0.5) is 0 Å². The molecule has 21 heavy (non-hydrogen) atoms. The van der Waals surface area contributed by atoms with Crippen LogP contribution < -0.4 is 5.56 Å². The summed E-state index contributed by atoms with van der Waals surface area (Å²) in [7, 11) is 0. The fourth-order valence-corrected chi connectivity index (χ4v) is 3.13. The van der Waals surface area contributed by atoms with E-state index in [0.717, 1.165) is 10.2 Å². The summed E-state index contributed by atoms with van der Waals surface area (Å²) < 4.78 is 7.12. The summed E-state index contributed by atoms with van der Waals surface area (Å²) in [6.45, 7) is 5.84. The Morgan fingerprint density at radius 3 is 3.10 bits per heavy atom. The van der Waals surface area contributed by atoms with E-state index in [0.29, 0.717) is 28.5 Å². The second-order valence-electron chi connectivity index (χ2n) is 4.46. The van der Waals surface area contributed by atoms with Crippen molar-refractivity contribution in [3.05, 3.63) is 34.5 Å². The van der Waals surface area contributed by atoms with Gasteiger partial charge in [0.25, 0.3) is 5.56 Å². The van der Waals surface area contributed by atoms with Crippen LogP contribution in [0.1, 0.15) is 19.7 Å². The van der Waals surface area contributed by atoms with Crippen LogP contribution in [0.3, 0.4) is 0 Å². The Morgan fingerprint density at radius 1 is 1.52 bits per heavy atom. The molecule has 3 heterocycles. The fraction of sp³-hybridized carbons (Fsp3) is 0.286. The molecule has 0 fully saturated rings. The monoisotopic (exact) mass is 302 g/mol. The van der Waals surface area contributed by atoms with E-state index in [1.807, 2.05) is 19.1 Å². The van der Waals surface area contributed by atoms with Gasteiger partial charge in [-0.3, -0.25) is 4.79 Å². The first-order valence-electron chi connectivity index (χ1n) is 6.57. The lowest BCUT2D eigenvalue weighted by Gasteiger charge is -2.05. The molecule has 3 rings (SSSR count). The molecule has 3 aromatic rings. The van der Waals surface area contributed by atoms with Crippen LogP contribution in [-0.2, 0) is 4.74 Å². The first-order valence-corrected chi connectivity index (χ1v) is 7.38. The molecule has 0 aliphatic carbocycles. The third-order valence-corrected chi connectivity index (χ3v) is 4.09. The number of pyridine rings is 1. The highest BCUT2D eigenvalue weighted by molar-refractivity contribution is 7.25. The number of thiophene rings is 1. The molecular weight excluding hydrogens is 288 g/mol. The molecule has 0 aliphatic heterocycles.